The van der Waals surface area contributed by atoms with Gasteiger partial charge in [-0.15, -0.1) is 10.1 Å². The van der Waals surface area contributed by atoms with Crippen LogP contribution in [0.15, 0.2) is 36.4 Å². The molecule has 1 aliphatic rings. The first-order valence-corrected chi connectivity index (χ1v) is 16.7. The third kappa shape index (κ3) is 25.3. The lowest BCUT2D eigenvalue weighted by Crippen LogP contribution is -2.36. The lowest BCUT2D eigenvalue weighted by Gasteiger charge is -2.12. The van der Waals surface area contributed by atoms with E-state index < -0.39 is 17.1 Å². The number of unbranched alkanes of at least 4 members (excludes halogenated alkanes) is 6. The predicted octanol–water partition coefficient (Wildman–Crippen LogP) is 9.10. The molecule has 0 heterocycles. The van der Waals surface area contributed by atoms with E-state index in [0.717, 1.165) is 25.2 Å². The van der Waals surface area contributed by atoms with Crippen LogP contribution in [0.25, 0.3) is 0 Å². The molecule has 1 fully saturated rings. The third-order valence-corrected chi connectivity index (χ3v) is 7.01. The number of allylic oxidation sites excluding steroid dienone is 2. The molecule has 9 heteroatoms. The maximum absolute atomic E-state index is 11.6. The minimum absolute atomic E-state index is 0.147. The van der Waals surface area contributed by atoms with Gasteiger partial charge in [-0.25, -0.2) is 4.79 Å². The molecule has 0 saturated heterocycles. The van der Waals surface area contributed by atoms with Crippen molar-refractivity contribution in [2.75, 3.05) is 0 Å². The van der Waals surface area contributed by atoms with E-state index in [1.54, 1.807) is 12.1 Å². The molecule has 0 radical (unpaired) electrons. The standard InChI is InChI=1S/C15H28O.C11H12N2O6.C7H14.C2H6/c1-2-3-4-5-6-11-15(16)13-12-14-9-7-8-10-14;1-8(12-7-14)11(15)19-10-5-3-2-4-9(10)6-18-13(16)17;1-3-5-7-6-4-2;1-2/h14H,2-13H2,1H3;2-5,7-8H,6H2,1H3,(H,12,14);3,5H,4,6-7H2,1-2H3;1-2H3/b;;5-3-;. The van der Waals surface area contributed by atoms with Crippen molar-refractivity contribution < 1.29 is 29.0 Å². The van der Waals surface area contributed by atoms with Gasteiger partial charge in [0.1, 0.15) is 24.2 Å². The van der Waals surface area contributed by atoms with Gasteiger partial charge in [-0.3, -0.25) is 9.59 Å². The topological polar surface area (TPSA) is 125 Å². The molecular weight excluding hydrogens is 560 g/mol. The fourth-order valence-corrected chi connectivity index (χ4v) is 4.42. The summed E-state index contributed by atoms with van der Waals surface area (Å²) < 4.78 is 5.03. The Labute approximate surface area is 266 Å². The number of ketones is 1. The SMILES string of the molecule is C/C=C\CCCC.CC.CC(NC=O)C(=O)Oc1ccccc1CO[N+](=O)[O-].CCCCCCCC(=O)CCC1CCCC1. The van der Waals surface area contributed by atoms with Gasteiger partial charge in [-0.2, -0.15) is 0 Å². The van der Waals surface area contributed by atoms with Crippen molar-refractivity contribution in [2.24, 2.45) is 5.92 Å². The smallest absolute Gasteiger partial charge is 0.333 e. The Morgan fingerprint density at radius 1 is 1.02 bits per heavy atom. The number of Topliss-reactive ketones (excluding diaryl/α,β-unsaturated/α-hetero) is 1. The number of amides is 1. The van der Waals surface area contributed by atoms with E-state index in [1.165, 1.54) is 96.1 Å². The summed E-state index contributed by atoms with van der Waals surface area (Å²) in [6.45, 7) is 11.6. The summed E-state index contributed by atoms with van der Waals surface area (Å²) in [5.74, 6) is 0.863. The van der Waals surface area contributed by atoms with E-state index in [-0.39, 0.29) is 12.4 Å². The van der Waals surface area contributed by atoms with Crippen LogP contribution in [-0.4, -0.2) is 29.3 Å². The summed E-state index contributed by atoms with van der Waals surface area (Å²) in [4.78, 5) is 47.8. The zero-order chi connectivity index (χ0) is 33.4. The lowest BCUT2D eigenvalue weighted by atomic mass is 9.98. The van der Waals surface area contributed by atoms with Crippen LogP contribution >= 0.6 is 0 Å². The van der Waals surface area contributed by atoms with E-state index >= 15 is 0 Å². The molecule has 252 valence electrons. The summed E-state index contributed by atoms with van der Waals surface area (Å²) in [7, 11) is 0. The number of para-hydroxylation sites is 1. The molecule has 2 rings (SSSR count). The van der Waals surface area contributed by atoms with Gasteiger partial charge in [-0.05, 0) is 45.1 Å². The van der Waals surface area contributed by atoms with Crippen molar-refractivity contribution in [3.8, 4) is 5.75 Å². The van der Waals surface area contributed by atoms with Crippen molar-refractivity contribution in [3.63, 3.8) is 0 Å². The Bertz CT molecular complexity index is 899. The first-order valence-electron chi connectivity index (χ1n) is 16.7. The monoisotopic (exact) mass is 620 g/mol. The number of hydrogen-bond donors (Lipinski definition) is 1. The molecule has 1 atom stereocenters. The quantitative estimate of drug-likeness (QED) is 0.0311. The maximum Gasteiger partial charge on any atom is 0.333 e. The second-order valence-corrected chi connectivity index (χ2v) is 10.6. The van der Waals surface area contributed by atoms with Crippen molar-refractivity contribution in [1.82, 2.24) is 5.32 Å². The third-order valence-electron chi connectivity index (χ3n) is 7.01. The van der Waals surface area contributed by atoms with Gasteiger partial charge < -0.3 is 14.9 Å². The summed E-state index contributed by atoms with van der Waals surface area (Å²) >= 11 is 0. The molecule has 0 spiro atoms. The van der Waals surface area contributed by atoms with Crippen LogP contribution in [-0.2, 0) is 25.8 Å². The molecule has 1 unspecified atom stereocenters. The number of carbonyl (C=O) groups is 3. The lowest BCUT2D eigenvalue weighted by molar-refractivity contribution is -0.763. The van der Waals surface area contributed by atoms with Crippen molar-refractivity contribution in [2.45, 2.75) is 151 Å². The highest BCUT2D eigenvalue weighted by Gasteiger charge is 2.17. The van der Waals surface area contributed by atoms with E-state index in [0.29, 0.717) is 17.8 Å². The van der Waals surface area contributed by atoms with Crippen molar-refractivity contribution >= 4 is 18.2 Å². The van der Waals surface area contributed by atoms with Crippen LogP contribution in [0.3, 0.4) is 0 Å². The number of rotatable bonds is 19. The molecular formula is C35H60N2O7. The van der Waals surface area contributed by atoms with E-state index in [1.807, 2.05) is 13.8 Å². The molecule has 0 aliphatic heterocycles. The maximum atomic E-state index is 11.6. The molecule has 1 amide bonds. The Balaban J connectivity index is 0. The molecule has 1 aromatic rings. The highest BCUT2D eigenvalue weighted by molar-refractivity contribution is 5.80. The Morgan fingerprint density at radius 2 is 1.66 bits per heavy atom. The number of ether oxygens (including phenoxy) is 1. The van der Waals surface area contributed by atoms with Crippen LogP contribution < -0.4 is 10.1 Å². The zero-order valence-electron chi connectivity index (χ0n) is 28.3. The van der Waals surface area contributed by atoms with Gasteiger partial charge in [0.15, 0.2) is 0 Å². The number of esters is 1. The molecule has 1 aliphatic carbocycles. The number of nitrogens with zero attached hydrogens (tertiary/aromatic N) is 1. The summed E-state index contributed by atoms with van der Waals surface area (Å²) in [6.07, 6.45) is 23.3. The molecule has 44 heavy (non-hydrogen) atoms. The summed E-state index contributed by atoms with van der Waals surface area (Å²) in [5, 5.41) is 11.4. The normalized spacial score (nSPS) is 12.8. The van der Waals surface area contributed by atoms with Gasteiger partial charge in [0.25, 0.3) is 5.09 Å². The van der Waals surface area contributed by atoms with Crippen LogP contribution in [0.4, 0.5) is 0 Å². The predicted molar refractivity (Wildman–Crippen MR) is 178 cm³/mol. The Hall–Kier alpha value is -3.23. The fourth-order valence-electron chi connectivity index (χ4n) is 4.42. The van der Waals surface area contributed by atoms with Crippen molar-refractivity contribution in [3.05, 3.63) is 52.1 Å². The first-order chi connectivity index (χ1) is 21.3. The largest absolute Gasteiger partial charge is 0.425 e. The van der Waals surface area contributed by atoms with E-state index in [2.05, 4.69) is 43.1 Å². The molecule has 1 saturated carbocycles. The second-order valence-electron chi connectivity index (χ2n) is 10.6. The summed E-state index contributed by atoms with van der Waals surface area (Å²) in [6, 6.07) is 5.43. The molecule has 1 N–H and O–H groups in total. The van der Waals surface area contributed by atoms with Gasteiger partial charge in [0.05, 0.1) is 0 Å². The highest BCUT2D eigenvalue weighted by Crippen LogP contribution is 2.28. The minimum Gasteiger partial charge on any atom is -0.425 e. The average Bonchev–Trinajstić information content (AvgIpc) is 3.55. The van der Waals surface area contributed by atoms with E-state index in [9.17, 15) is 24.5 Å². The van der Waals surface area contributed by atoms with Crippen LogP contribution in [0.1, 0.15) is 143 Å². The molecule has 1 aromatic carbocycles. The van der Waals surface area contributed by atoms with Gasteiger partial charge in [-0.1, -0.05) is 122 Å². The molecule has 0 bridgehead atoms. The first kappa shape index (κ1) is 42.9. The van der Waals surface area contributed by atoms with Gasteiger partial charge in [0.2, 0.25) is 6.41 Å². The summed E-state index contributed by atoms with van der Waals surface area (Å²) in [5.41, 5.74) is 0.353. The second kappa shape index (κ2) is 31.2. The van der Waals surface area contributed by atoms with Gasteiger partial charge in [0, 0.05) is 18.4 Å². The van der Waals surface area contributed by atoms with Crippen LogP contribution in [0.2, 0.25) is 0 Å². The Kier molecular flexibility index (Phi) is 30.4. The Morgan fingerprint density at radius 3 is 2.25 bits per heavy atom. The van der Waals surface area contributed by atoms with Crippen LogP contribution in [0, 0.1) is 16.0 Å². The zero-order valence-corrected chi connectivity index (χ0v) is 28.3. The van der Waals surface area contributed by atoms with E-state index in [4.69, 9.17) is 4.74 Å². The average molecular weight is 621 g/mol. The number of hydrogen-bond acceptors (Lipinski definition) is 7. The number of carbonyl (C=O) groups excluding carboxylic acids is 3. The minimum atomic E-state index is -0.935. The van der Waals surface area contributed by atoms with Crippen molar-refractivity contribution in [1.29, 1.82) is 0 Å². The van der Waals surface area contributed by atoms with Crippen LogP contribution in [0.5, 0.6) is 5.75 Å². The fraction of sp³-hybridized carbons (Fsp3) is 0.686. The molecule has 0 aromatic heterocycles. The number of nitrogens with one attached hydrogen (secondary N) is 1. The number of benzene rings is 1. The highest BCUT2D eigenvalue weighted by atomic mass is 16.9. The van der Waals surface area contributed by atoms with Gasteiger partial charge >= 0.3 is 5.97 Å². The molecule has 9 nitrogen and oxygen atoms in total.